The summed E-state index contributed by atoms with van der Waals surface area (Å²) in [5.41, 5.74) is 0. The van der Waals surface area contributed by atoms with Gasteiger partial charge in [-0.1, -0.05) is 48.5 Å². The van der Waals surface area contributed by atoms with Crippen molar-refractivity contribution in [1.82, 2.24) is 0 Å². The van der Waals surface area contributed by atoms with Crippen molar-refractivity contribution in [1.29, 1.82) is 0 Å². The molecule has 0 radical (unpaired) electrons. The summed E-state index contributed by atoms with van der Waals surface area (Å²) in [6.45, 7) is 20.9. The van der Waals surface area contributed by atoms with Crippen molar-refractivity contribution in [2.75, 3.05) is 18.6 Å². The van der Waals surface area contributed by atoms with Crippen LogP contribution in [0.4, 0.5) is 0 Å². The Morgan fingerprint density at radius 3 is 1.83 bits per heavy atom. The summed E-state index contributed by atoms with van der Waals surface area (Å²) in [6.07, 6.45) is -4.17. The molecule has 1 saturated heterocycles. The van der Waals surface area contributed by atoms with Crippen molar-refractivity contribution in [2.45, 2.75) is 111 Å². The summed E-state index contributed by atoms with van der Waals surface area (Å²) in [4.78, 5) is 22.6. The second-order valence-electron chi connectivity index (χ2n) is 10.2. The average molecular weight is 652 g/mol. The first-order chi connectivity index (χ1) is 18.8. The Balaban J connectivity index is 0. The monoisotopic (exact) mass is 650 g/mol. The van der Waals surface area contributed by atoms with E-state index in [4.69, 9.17) is 56.8 Å². The van der Waals surface area contributed by atoms with E-state index >= 15 is 0 Å². The molecule has 12 nitrogen and oxygen atoms in total. The third kappa shape index (κ3) is 11.8. The molecule has 0 bridgehead atoms. The van der Waals surface area contributed by atoms with E-state index in [1.165, 1.54) is 0 Å². The number of hydrogen-bond donors (Lipinski definition) is 5. The van der Waals surface area contributed by atoms with Gasteiger partial charge in [-0.05, 0) is 32.0 Å². The van der Waals surface area contributed by atoms with Gasteiger partial charge in [-0.3, -0.25) is 0 Å². The summed E-state index contributed by atoms with van der Waals surface area (Å²) in [6, 6.07) is 0. The van der Waals surface area contributed by atoms with Gasteiger partial charge in [0.1, 0.15) is 12.2 Å². The zero-order valence-corrected chi connectivity index (χ0v) is 28.3. The Bertz CT molecular complexity index is 899. The molecule has 0 unspecified atom stereocenters. The number of aliphatic hydroxyl groups excluding tert-OH is 5. The topological polar surface area (TPSA) is 181 Å². The number of cyclic esters (lactones) is 2. The second-order valence-corrected chi connectivity index (χ2v) is 15.7. The predicted octanol–water partition coefficient (Wildman–Crippen LogP) is 4.92. The molecule has 0 aromatic carbocycles. The third-order valence-electron chi connectivity index (χ3n) is 5.93. The molecule has 3 aliphatic rings. The number of carbonyl (C=O) groups is 2. The first-order valence-electron chi connectivity index (χ1n) is 13.2. The van der Waals surface area contributed by atoms with E-state index in [0.717, 1.165) is 0 Å². The first kappa shape index (κ1) is 41.4. The van der Waals surface area contributed by atoms with Gasteiger partial charge in [0.15, 0.2) is 29.5 Å². The lowest BCUT2D eigenvalue weighted by Crippen LogP contribution is -2.41. The van der Waals surface area contributed by atoms with E-state index in [-0.39, 0.29) is 22.7 Å². The van der Waals surface area contributed by atoms with E-state index in [0.29, 0.717) is 0 Å². The zero-order chi connectivity index (χ0) is 32.9. The molecule has 0 spiro atoms. The zero-order valence-electron chi connectivity index (χ0n) is 25.8. The van der Waals surface area contributed by atoms with Crippen molar-refractivity contribution < 1.29 is 58.5 Å². The lowest BCUT2D eigenvalue weighted by Gasteiger charge is -2.36. The highest BCUT2D eigenvalue weighted by atomic mass is 35.5. The fourth-order valence-electron chi connectivity index (χ4n) is 2.90. The third-order valence-corrected chi connectivity index (χ3v) is 10.3. The van der Waals surface area contributed by atoms with Crippen molar-refractivity contribution in [3.8, 4) is 0 Å². The minimum Gasteiger partial charge on any atom is -0.536 e. The van der Waals surface area contributed by atoms with E-state index in [2.05, 4.69) is 0 Å². The van der Waals surface area contributed by atoms with Crippen LogP contribution < -0.4 is 0 Å². The van der Waals surface area contributed by atoms with Gasteiger partial charge < -0.3 is 48.9 Å². The Kier molecular flexibility index (Phi) is 18.2. The molecule has 4 atom stereocenters. The van der Waals surface area contributed by atoms with Crippen LogP contribution in [0.15, 0.2) is 23.0 Å². The highest BCUT2D eigenvalue weighted by Crippen LogP contribution is 2.39. The number of rotatable bonds is 5. The van der Waals surface area contributed by atoms with Gasteiger partial charge in [-0.15, -0.1) is 23.2 Å². The van der Waals surface area contributed by atoms with Crippen LogP contribution in [-0.2, 0) is 33.0 Å². The summed E-state index contributed by atoms with van der Waals surface area (Å²) in [5.74, 6) is -4.46. The van der Waals surface area contributed by atoms with Crippen molar-refractivity contribution in [2.24, 2.45) is 0 Å². The van der Waals surface area contributed by atoms with Crippen LogP contribution in [0.2, 0.25) is 18.1 Å². The minimum atomic E-state index is -2.29. The molecule has 3 aliphatic heterocycles. The largest absolute Gasteiger partial charge is 0.536 e. The van der Waals surface area contributed by atoms with E-state index in [1.54, 1.807) is 13.8 Å². The van der Waals surface area contributed by atoms with Gasteiger partial charge in [0.25, 0.3) is 8.32 Å². The average Bonchev–Trinajstić information content (AvgIpc) is 3.50. The van der Waals surface area contributed by atoms with Gasteiger partial charge >= 0.3 is 11.9 Å². The van der Waals surface area contributed by atoms with Gasteiger partial charge in [0, 0.05) is 0 Å². The summed E-state index contributed by atoms with van der Waals surface area (Å²) in [5, 5.41) is 46.7. The lowest BCUT2D eigenvalue weighted by molar-refractivity contribution is -0.163. The number of hydrogen-bond acceptors (Lipinski definition) is 12. The summed E-state index contributed by atoms with van der Waals surface area (Å²) < 4.78 is 25.9. The number of carbonyl (C=O) groups excluding carboxylic acids is 2. The smallest absolute Gasteiger partial charge is 0.377 e. The quantitative estimate of drug-likeness (QED) is 0.154. The molecule has 0 saturated carbocycles. The molecule has 242 valence electrons. The number of alkyl halides is 2. The Morgan fingerprint density at radius 2 is 1.49 bits per heavy atom. The number of esters is 2. The molecule has 15 heteroatoms. The number of ether oxygens (including phenoxy) is 4. The van der Waals surface area contributed by atoms with Crippen LogP contribution >= 0.6 is 23.2 Å². The van der Waals surface area contributed by atoms with Crippen LogP contribution in [0, 0.1) is 0 Å². The molecular formula is C26H48Cl2O12Si. The number of halogens is 2. The molecule has 0 aromatic heterocycles. The maximum atomic E-state index is 11.7. The van der Waals surface area contributed by atoms with E-state index in [1.807, 2.05) is 61.6 Å². The summed E-state index contributed by atoms with van der Waals surface area (Å²) >= 11 is 9.53. The van der Waals surface area contributed by atoms with Gasteiger partial charge in [0.2, 0.25) is 11.5 Å². The standard InChI is InChI=1S/C12H22O6Si.C9H12O6.2C2H6.CH2Cl2/c1-12(2,3)19(4,5)18-10-8(15)9(7(14)6-13)17-11(10)16;1-9(2)13-3-4(15-9)7-5(10)6(11)8(12)14-7;2*1-2;2-1-3/h7,9,13-15H,6H2,1-5H3;4,7,10-11H,3H2,1-2H3;2*1-2H3;1H2/t7-,9+;4-,7+;;;/m00.../s1. The Morgan fingerprint density at radius 1 is 1.00 bits per heavy atom. The predicted molar refractivity (Wildman–Crippen MR) is 157 cm³/mol. The van der Waals surface area contributed by atoms with Crippen LogP contribution in [0.5, 0.6) is 0 Å². The van der Waals surface area contributed by atoms with Crippen LogP contribution in [0.25, 0.3) is 0 Å². The molecule has 0 aliphatic carbocycles. The number of aliphatic hydroxyl groups is 5. The maximum Gasteiger partial charge on any atom is 0.377 e. The highest BCUT2D eigenvalue weighted by molar-refractivity contribution is 6.74. The van der Waals surface area contributed by atoms with Gasteiger partial charge in [0.05, 0.1) is 18.6 Å². The SMILES string of the molecule is CC.CC.CC(C)(C)[Si](C)(C)OC1=C(O)[C@@H]([C@@H](O)CO)OC1=O.CC1(C)OC[C@@H]([C@H]2OC(=O)C(O)=C2O)O1.ClCCl. The highest BCUT2D eigenvalue weighted by Gasteiger charge is 2.47. The lowest BCUT2D eigenvalue weighted by atomic mass is 10.2. The fourth-order valence-corrected chi connectivity index (χ4v) is 3.90. The van der Waals surface area contributed by atoms with Crippen molar-refractivity contribution >= 4 is 43.5 Å². The Hall–Kier alpha value is -1.74. The fraction of sp³-hybridized carbons (Fsp3) is 0.769. The maximum absolute atomic E-state index is 11.7. The van der Waals surface area contributed by atoms with Crippen LogP contribution in [-0.4, -0.2) is 94.5 Å². The molecular weight excluding hydrogens is 603 g/mol. The molecule has 1 fully saturated rings. The molecule has 0 amide bonds. The molecule has 5 N–H and O–H groups in total. The molecule has 0 aromatic rings. The molecule has 3 rings (SSSR count). The Labute approximate surface area is 253 Å². The van der Waals surface area contributed by atoms with Crippen molar-refractivity contribution in [3.63, 3.8) is 0 Å². The normalized spacial score (nSPS) is 23.8. The molecule has 3 heterocycles. The van der Waals surface area contributed by atoms with Crippen LogP contribution in [0.1, 0.15) is 62.3 Å². The molecule has 41 heavy (non-hydrogen) atoms. The van der Waals surface area contributed by atoms with Crippen LogP contribution in [0.3, 0.4) is 0 Å². The first-order valence-corrected chi connectivity index (χ1v) is 17.2. The summed E-state index contributed by atoms with van der Waals surface area (Å²) in [7, 11) is -2.29. The van der Waals surface area contributed by atoms with Gasteiger partial charge in [-0.25, -0.2) is 9.59 Å². The minimum absolute atomic E-state index is 0.145. The van der Waals surface area contributed by atoms with Crippen molar-refractivity contribution in [3.05, 3.63) is 23.0 Å². The van der Waals surface area contributed by atoms with E-state index < -0.39 is 74.3 Å². The van der Waals surface area contributed by atoms with E-state index in [9.17, 15) is 24.9 Å². The second kappa shape index (κ2) is 18.0. The van der Waals surface area contributed by atoms with Gasteiger partial charge in [-0.2, -0.15) is 0 Å².